The zero-order valence-electron chi connectivity index (χ0n) is 21.4. The Morgan fingerprint density at radius 3 is 2.22 bits per heavy atom. The van der Waals surface area contributed by atoms with E-state index in [4.69, 9.17) is 32.9 Å². The minimum atomic E-state index is -0.526. The molecule has 0 amide bonds. The Labute approximate surface area is 222 Å². The molecule has 36 heavy (non-hydrogen) atoms. The number of ether oxygens (including phenoxy) is 1. The van der Waals surface area contributed by atoms with Crippen LogP contribution in [0.5, 0.6) is 5.75 Å². The van der Waals surface area contributed by atoms with Crippen LogP contribution in [0.1, 0.15) is 57.0 Å². The van der Waals surface area contributed by atoms with Crippen LogP contribution in [0.25, 0.3) is 16.9 Å². The number of nitrogens with one attached hydrogen (secondary N) is 1. The molecule has 2 aromatic heterocycles. The fourth-order valence-electron chi connectivity index (χ4n) is 4.68. The molecule has 7 heteroatoms. The molecule has 0 atom stereocenters. The lowest BCUT2D eigenvalue weighted by Crippen LogP contribution is -2.36. The molecule has 188 valence electrons. The molecule has 0 bridgehead atoms. The second-order valence-corrected chi connectivity index (χ2v) is 11.9. The van der Waals surface area contributed by atoms with E-state index in [2.05, 4.69) is 63.4 Å². The highest BCUT2D eigenvalue weighted by Gasteiger charge is 2.28. The number of carbonyl (C=O) groups excluding carboxylic acids is 1. The molecule has 0 saturated heterocycles. The fourth-order valence-corrected chi connectivity index (χ4v) is 5.20. The van der Waals surface area contributed by atoms with Gasteiger partial charge in [0.15, 0.2) is 0 Å². The lowest BCUT2D eigenvalue weighted by molar-refractivity contribution is 0.0734. The Morgan fingerprint density at radius 2 is 1.61 bits per heavy atom. The topological polar surface area (TPSA) is 55.6 Å². The maximum atomic E-state index is 12.6. The van der Waals surface area contributed by atoms with Crippen molar-refractivity contribution in [2.75, 3.05) is 5.32 Å². The molecular weight excluding hydrogens is 493 g/mol. The summed E-state index contributed by atoms with van der Waals surface area (Å²) in [6.45, 7) is 13.2. The van der Waals surface area contributed by atoms with Crippen LogP contribution in [0, 0.1) is 12.3 Å². The minimum absolute atomic E-state index is 0.159. The molecule has 1 N–H and O–H groups in total. The van der Waals surface area contributed by atoms with E-state index in [9.17, 15) is 4.79 Å². The molecule has 4 rings (SSSR count). The van der Waals surface area contributed by atoms with Crippen LogP contribution in [-0.2, 0) is 0 Å². The first-order chi connectivity index (χ1) is 16.8. The zero-order valence-corrected chi connectivity index (χ0v) is 23.0. The number of carbonyl (C=O) groups is 1. The SMILES string of the molecule is Cc1ccn2c(NC(C)(C)CC(C)(C)C)c(-c3ccc(OC(=O)c4cc(Cl)cc(Cl)c4)cc3)nc2c1. The number of benzene rings is 2. The van der Waals surface area contributed by atoms with Crippen LogP contribution >= 0.6 is 23.2 Å². The predicted octanol–water partition coefficient (Wildman–Crippen LogP) is 8.46. The fraction of sp³-hybridized carbons (Fsp3) is 0.310. The Kier molecular flexibility index (Phi) is 7.09. The van der Waals surface area contributed by atoms with Crippen LogP contribution in [-0.4, -0.2) is 20.9 Å². The Hall–Kier alpha value is -3.02. The molecule has 0 unspecified atom stereocenters. The number of halogens is 2. The molecule has 0 spiro atoms. The van der Waals surface area contributed by atoms with Gasteiger partial charge in [0.1, 0.15) is 22.9 Å². The van der Waals surface area contributed by atoms with Crippen LogP contribution in [0.15, 0.2) is 60.8 Å². The number of pyridine rings is 1. The van der Waals surface area contributed by atoms with E-state index in [1.165, 1.54) is 12.1 Å². The van der Waals surface area contributed by atoms with Crippen LogP contribution in [0.4, 0.5) is 5.82 Å². The number of nitrogens with zero attached hydrogens (tertiary/aromatic N) is 2. The summed E-state index contributed by atoms with van der Waals surface area (Å²) in [4.78, 5) is 17.5. The number of imidazole rings is 1. The van der Waals surface area contributed by atoms with Gasteiger partial charge in [-0.25, -0.2) is 9.78 Å². The number of aromatic nitrogens is 2. The molecular formula is C29H31Cl2N3O2. The first kappa shape index (κ1) is 26.1. The smallest absolute Gasteiger partial charge is 0.343 e. The van der Waals surface area contributed by atoms with Gasteiger partial charge in [0, 0.05) is 27.3 Å². The van der Waals surface area contributed by atoms with Gasteiger partial charge in [0.2, 0.25) is 0 Å². The van der Waals surface area contributed by atoms with E-state index in [0.717, 1.165) is 34.7 Å². The third-order valence-electron chi connectivity index (χ3n) is 5.65. The lowest BCUT2D eigenvalue weighted by atomic mass is 9.82. The second-order valence-electron chi connectivity index (χ2n) is 11.1. The predicted molar refractivity (Wildman–Crippen MR) is 149 cm³/mol. The van der Waals surface area contributed by atoms with Crippen molar-refractivity contribution in [2.24, 2.45) is 5.41 Å². The largest absolute Gasteiger partial charge is 0.423 e. The van der Waals surface area contributed by atoms with Crippen LogP contribution in [0.2, 0.25) is 10.0 Å². The Bertz CT molecular complexity index is 1400. The highest BCUT2D eigenvalue weighted by atomic mass is 35.5. The Morgan fingerprint density at radius 1 is 0.972 bits per heavy atom. The number of fused-ring (bicyclic) bond motifs is 1. The summed E-state index contributed by atoms with van der Waals surface area (Å²) in [6, 6.07) is 16.1. The molecule has 2 aromatic carbocycles. The van der Waals surface area contributed by atoms with E-state index >= 15 is 0 Å². The monoisotopic (exact) mass is 523 g/mol. The van der Waals surface area contributed by atoms with Crippen LogP contribution < -0.4 is 10.1 Å². The quantitative estimate of drug-likeness (QED) is 0.203. The number of hydrogen-bond acceptors (Lipinski definition) is 4. The summed E-state index contributed by atoms with van der Waals surface area (Å²) < 4.78 is 7.63. The normalized spacial score (nSPS) is 12.1. The molecule has 0 aliphatic carbocycles. The van der Waals surface area contributed by atoms with Crippen molar-refractivity contribution in [2.45, 2.75) is 53.5 Å². The van der Waals surface area contributed by atoms with Gasteiger partial charge >= 0.3 is 5.97 Å². The highest BCUT2D eigenvalue weighted by Crippen LogP contribution is 2.35. The standard InChI is InChI=1S/C29H31Cl2N3O2/c1-18-11-12-34-24(13-18)32-25(26(34)33-29(5,6)17-28(2,3)4)19-7-9-23(10-8-19)36-27(35)20-14-21(30)16-22(31)15-20/h7-16,33H,17H2,1-6H3. The summed E-state index contributed by atoms with van der Waals surface area (Å²) in [5, 5.41) is 4.51. The molecule has 0 saturated carbocycles. The van der Waals surface area contributed by atoms with Crippen molar-refractivity contribution in [3.05, 3.63) is 82.0 Å². The van der Waals surface area contributed by atoms with Gasteiger partial charge in [-0.1, -0.05) is 44.0 Å². The van der Waals surface area contributed by atoms with Crippen molar-refractivity contribution >= 4 is 40.6 Å². The average molecular weight is 524 g/mol. The first-order valence-electron chi connectivity index (χ1n) is 11.9. The van der Waals surface area contributed by atoms with Crippen molar-refractivity contribution in [1.29, 1.82) is 0 Å². The van der Waals surface area contributed by atoms with Gasteiger partial charge in [-0.3, -0.25) is 4.40 Å². The van der Waals surface area contributed by atoms with E-state index in [1.54, 1.807) is 18.2 Å². The average Bonchev–Trinajstić information content (AvgIpc) is 3.08. The van der Waals surface area contributed by atoms with Gasteiger partial charge in [-0.05, 0) is 92.8 Å². The molecule has 0 radical (unpaired) electrons. The van der Waals surface area contributed by atoms with E-state index < -0.39 is 5.97 Å². The van der Waals surface area contributed by atoms with Crippen molar-refractivity contribution in [3.63, 3.8) is 0 Å². The maximum absolute atomic E-state index is 12.6. The number of hydrogen-bond donors (Lipinski definition) is 1. The summed E-state index contributed by atoms with van der Waals surface area (Å²) in [5.74, 6) is 0.821. The molecule has 2 heterocycles. The number of anilines is 1. The van der Waals surface area contributed by atoms with Gasteiger partial charge in [-0.15, -0.1) is 0 Å². The van der Waals surface area contributed by atoms with Crippen molar-refractivity contribution < 1.29 is 9.53 Å². The first-order valence-corrected chi connectivity index (χ1v) is 12.6. The van der Waals surface area contributed by atoms with Crippen molar-refractivity contribution in [3.8, 4) is 17.0 Å². The van der Waals surface area contributed by atoms with Gasteiger partial charge < -0.3 is 10.1 Å². The number of rotatable bonds is 6. The molecule has 0 fully saturated rings. The van der Waals surface area contributed by atoms with Gasteiger partial charge in [-0.2, -0.15) is 0 Å². The zero-order chi connectivity index (χ0) is 26.3. The van der Waals surface area contributed by atoms with Crippen molar-refractivity contribution in [1.82, 2.24) is 9.38 Å². The molecule has 0 aliphatic heterocycles. The number of aryl methyl sites for hydroxylation is 1. The summed E-state index contributed by atoms with van der Waals surface area (Å²) >= 11 is 12.0. The maximum Gasteiger partial charge on any atom is 0.343 e. The van der Waals surface area contributed by atoms with E-state index in [-0.39, 0.29) is 11.0 Å². The van der Waals surface area contributed by atoms with E-state index in [0.29, 0.717) is 21.4 Å². The van der Waals surface area contributed by atoms with Gasteiger partial charge in [0.05, 0.1) is 5.56 Å². The number of esters is 1. The molecule has 4 aromatic rings. The van der Waals surface area contributed by atoms with Gasteiger partial charge in [0.25, 0.3) is 0 Å². The molecule has 5 nitrogen and oxygen atoms in total. The lowest BCUT2D eigenvalue weighted by Gasteiger charge is -2.34. The van der Waals surface area contributed by atoms with E-state index in [1.807, 2.05) is 18.3 Å². The Balaban J connectivity index is 1.66. The summed E-state index contributed by atoms with van der Waals surface area (Å²) in [7, 11) is 0. The third-order valence-corrected chi connectivity index (χ3v) is 6.08. The van der Waals surface area contributed by atoms with Crippen LogP contribution in [0.3, 0.4) is 0 Å². The third kappa shape index (κ3) is 6.21. The second kappa shape index (κ2) is 9.79. The summed E-state index contributed by atoms with van der Waals surface area (Å²) in [5.41, 5.74) is 4.04. The summed E-state index contributed by atoms with van der Waals surface area (Å²) in [6.07, 6.45) is 3.02. The highest BCUT2D eigenvalue weighted by molar-refractivity contribution is 6.35. The molecule has 0 aliphatic rings. The minimum Gasteiger partial charge on any atom is -0.423 e.